The molecule has 14 heavy (non-hydrogen) atoms. The summed E-state index contributed by atoms with van der Waals surface area (Å²) in [6, 6.07) is 6.60. The summed E-state index contributed by atoms with van der Waals surface area (Å²) < 4.78 is 1.29. The fourth-order valence-electron chi connectivity index (χ4n) is 2.35. The van der Waals surface area contributed by atoms with Gasteiger partial charge in [0.05, 0.1) is 0 Å². The van der Waals surface area contributed by atoms with Crippen molar-refractivity contribution in [3.63, 3.8) is 0 Å². The van der Waals surface area contributed by atoms with Gasteiger partial charge >= 0.3 is 0 Å². The van der Waals surface area contributed by atoms with Gasteiger partial charge in [-0.1, -0.05) is 34.1 Å². The Balaban J connectivity index is 2.12. The molecular formula is C13H13Br. The molecule has 2 aliphatic carbocycles. The van der Waals surface area contributed by atoms with Gasteiger partial charge in [-0.3, -0.25) is 0 Å². The molecule has 0 spiro atoms. The van der Waals surface area contributed by atoms with Crippen molar-refractivity contribution in [2.24, 2.45) is 5.92 Å². The summed E-state index contributed by atoms with van der Waals surface area (Å²) in [5.74, 6) is 0.878. The molecular weight excluding hydrogens is 236 g/mol. The summed E-state index contributed by atoms with van der Waals surface area (Å²) in [6.07, 6.45) is 7.68. The molecule has 1 aromatic rings. The molecule has 0 unspecified atom stereocenters. The SMILES string of the molecule is Brc1cccc2c1CCC=C2C1CC1. The van der Waals surface area contributed by atoms with Crippen LogP contribution < -0.4 is 0 Å². The predicted octanol–water partition coefficient (Wildman–Crippen LogP) is 4.19. The first kappa shape index (κ1) is 8.72. The van der Waals surface area contributed by atoms with Crippen LogP contribution >= 0.6 is 15.9 Å². The van der Waals surface area contributed by atoms with Crippen LogP contribution in [-0.4, -0.2) is 0 Å². The maximum absolute atomic E-state index is 3.65. The standard InChI is InChI=1S/C13H13Br/c14-13-6-2-4-11-10(9-7-8-9)3-1-5-12(11)13/h2-4,6,9H,1,5,7-8H2. The van der Waals surface area contributed by atoms with Crippen molar-refractivity contribution in [2.75, 3.05) is 0 Å². The van der Waals surface area contributed by atoms with E-state index >= 15 is 0 Å². The maximum Gasteiger partial charge on any atom is 0.0213 e. The molecule has 1 saturated carbocycles. The van der Waals surface area contributed by atoms with Gasteiger partial charge in [-0.15, -0.1) is 0 Å². The lowest BCUT2D eigenvalue weighted by atomic mass is 9.88. The van der Waals surface area contributed by atoms with E-state index in [1.54, 1.807) is 5.57 Å². The molecule has 1 aromatic carbocycles. The molecule has 0 aliphatic heterocycles. The fraction of sp³-hybridized carbons (Fsp3) is 0.385. The Labute approximate surface area is 93.2 Å². The largest absolute Gasteiger partial charge is 0.0801 e. The number of fused-ring (bicyclic) bond motifs is 1. The second-order valence-corrected chi connectivity index (χ2v) is 5.09. The second kappa shape index (κ2) is 3.23. The first-order valence-electron chi connectivity index (χ1n) is 5.34. The number of hydrogen-bond donors (Lipinski definition) is 0. The highest BCUT2D eigenvalue weighted by Crippen LogP contribution is 2.45. The molecule has 0 nitrogen and oxygen atoms in total. The third kappa shape index (κ3) is 1.35. The molecule has 0 bridgehead atoms. The third-order valence-corrected chi connectivity index (χ3v) is 3.95. The lowest BCUT2D eigenvalue weighted by Gasteiger charge is -2.18. The Hall–Kier alpha value is -0.560. The van der Waals surface area contributed by atoms with Crippen molar-refractivity contribution in [2.45, 2.75) is 25.7 Å². The van der Waals surface area contributed by atoms with Crippen LogP contribution in [0.25, 0.3) is 5.57 Å². The van der Waals surface area contributed by atoms with E-state index in [9.17, 15) is 0 Å². The quantitative estimate of drug-likeness (QED) is 0.700. The first-order chi connectivity index (χ1) is 6.86. The Bertz CT molecular complexity index is 400. The van der Waals surface area contributed by atoms with Crippen molar-refractivity contribution < 1.29 is 0 Å². The summed E-state index contributed by atoms with van der Waals surface area (Å²) in [4.78, 5) is 0. The molecule has 1 fully saturated rings. The second-order valence-electron chi connectivity index (χ2n) is 4.24. The lowest BCUT2D eigenvalue weighted by Crippen LogP contribution is -2.01. The summed E-state index contributed by atoms with van der Waals surface area (Å²) in [5, 5.41) is 0. The van der Waals surface area contributed by atoms with E-state index in [-0.39, 0.29) is 0 Å². The van der Waals surface area contributed by atoms with E-state index in [1.165, 1.54) is 41.3 Å². The minimum absolute atomic E-state index is 0.878. The van der Waals surface area contributed by atoms with Gasteiger partial charge < -0.3 is 0 Å². The molecule has 0 saturated heterocycles. The van der Waals surface area contributed by atoms with E-state index in [0.717, 1.165) is 5.92 Å². The van der Waals surface area contributed by atoms with Crippen molar-refractivity contribution in [3.8, 4) is 0 Å². The summed E-state index contributed by atoms with van der Waals surface area (Å²) in [5.41, 5.74) is 4.65. The van der Waals surface area contributed by atoms with Crippen LogP contribution in [0.5, 0.6) is 0 Å². The van der Waals surface area contributed by atoms with Crippen LogP contribution in [0.15, 0.2) is 28.7 Å². The Morgan fingerprint density at radius 2 is 2.07 bits per heavy atom. The molecule has 72 valence electrons. The molecule has 0 amide bonds. The monoisotopic (exact) mass is 248 g/mol. The molecule has 0 radical (unpaired) electrons. The number of benzene rings is 1. The Kier molecular flexibility index (Phi) is 2.01. The van der Waals surface area contributed by atoms with Gasteiger partial charge in [0.15, 0.2) is 0 Å². The number of rotatable bonds is 1. The number of allylic oxidation sites excluding steroid dienone is 2. The highest BCUT2D eigenvalue weighted by Gasteiger charge is 2.29. The molecule has 0 heterocycles. The zero-order valence-electron chi connectivity index (χ0n) is 8.09. The summed E-state index contributed by atoms with van der Waals surface area (Å²) in [6.45, 7) is 0. The highest BCUT2D eigenvalue weighted by atomic mass is 79.9. The van der Waals surface area contributed by atoms with Gasteiger partial charge in [0.25, 0.3) is 0 Å². The fourth-order valence-corrected chi connectivity index (χ4v) is 2.91. The Morgan fingerprint density at radius 1 is 1.21 bits per heavy atom. The van der Waals surface area contributed by atoms with Crippen LogP contribution in [0.2, 0.25) is 0 Å². The lowest BCUT2D eigenvalue weighted by molar-refractivity contribution is 0.944. The number of halogens is 1. The summed E-state index contributed by atoms with van der Waals surface area (Å²) >= 11 is 3.65. The van der Waals surface area contributed by atoms with Gasteiger partial charge in [0.2, 0.25) is 0 Å². The van der Waals surface area contributed by atoms with Gasteiger partial charge in [-0.2, -0.15) is 0 Å². The smallest absolute Gasteiger partial charge is 0.0213 e. The van der Waals surface area contributed by atoms with Crippen molar-refractivity contribution in [1.29, 1.82) is 0 Å². The highest BCUT2D eigenvalue weighted by molar-refractivity contribution is 9.10. The predicted molar refractivity (Wildman–Crippen MR) is 63.2 cm³/mol. The average Bonchev–Trinajstić information content (AvgIpc) is 3.01. The molecule has 3 rings (SSSR count). The topological polar surface area (TPSA) is 0 Å². The van der Waals surface area contributed by atoms with Crippen LogP contribution in [0.4, 0.5) is 0 Å². The Morgan fingerprint density at radius 3 is 2.86 bits per heavy atom. The van der Waals surface area contributed by atoms with Gasteiger partial charge in [0, 0.05) is 4.47 Å². The maximum atomic E-state index is 3.65. The van der Waals surface area contributed by atoms with E-state index in [0.29, 0.717) is 0 Å². The molecule has 1 heteroatoms. The zero-order chi connectivity index (χ0) is 9.54. The van der Waals surface area contributed by atoms with Crippen molar-refractivity contribution in [3.05, 3.63) is 39.9 Å². The molecule has 0 N–H and O–H groups in total. The van der Waals surface area contributed by atoms with Crippen LogP contribution in [0.3, 0.4) is 0 Å². The van der Waals surface area contributed by atoms with Crippen LogP contribution in [-0.2, 0) is 6.42 Å². The normalized spacial score (nSPS) is 20.2. The molecule has 0 atom stereocenters. The van der Waals surface area contributed by atoms with Crippen LogP contribution in [0, 0.1) is 5.92 Å². The minimum Gasteiger partial charge on any atom is -0.0801 e. The third-order valence-electron chi connectivity index (χ3n) is 3.21. The van der Waals surface area contributed by atoms with E-state index in [2.05, 4.69) is 40.2 Å². The minimum atomic E-state index is 0.878. The van der Waals surface area contributed by atoms with E-state index in [4.69, 9.17) is 0 Å². The van der Waals surface area contributed by atoms with E-state index < -0.39 is 0 Å². The molecule has 2 aliphatic rings. The van der Waals surface area contributed by atoms with E-state index in [1.807, 2.05) is 0 Å². The zero-order valence-corrected chi connectivity index (χ0v) is 9.68. The summed E-state index contributed by atoms with van der Waals surface area (Å²) in [7, 11) is 0. The van der Waals surface area contributed by atoms with Gasteiger partial charge in [0.1, 0.15) is 0 Å². The first-order valence-corrected chi connectivity index (χ1v) is 6.13. The number of hydrogen-bond acceptors (Lipinski definition) is 0. The average molecular weight is 249 g/mol. The van der Waals surface area contributed by atoms with Crippen LogP contribution in [0.1, 0.15) is 30.4 Å². The van der Waals surface area contributed by atoms with Crippen molar-refractivity contribution in [1.82, 2.24) is 0 Å². The van der Waals surface area contributed by atoms with Gasteiger partial charge in [-0.05, 0) is 54.4 Å². The van der Waals surface area contributed by atoms with Gasteiger partial charge in [-0.25, -0.2) is 0 Å². The molecule has 0 aromatic heterocycles. The van der Waals surface area contributed by atoms with Crippen molar-refractivity contribution >= 4 is 21.5 Å².